The average molecular weight is 577 g/mol. The summed E-state index contributed by atoms with van der Waals surface area (Å²) in [7, 11) is 0. The van der Waals surface area contributed by atoms with E-state index in [4.69, 9.17) is 9.47 Å². The van der Waals surface area contributed by atoms with Gasteiger partial charge in [0.2, 0.25) is 0 Å². The maximum atomic E-state index is 12.1. The molecule has 3 aromatic carbocycles. The molecular formula is C32H36N2O4S2. The van der Waals surface area contributed by atoms with Gasteiger partial charge >= 0.3 is 12.2 Å². The van der Waals surface area contributed by atoms with Gasteiger partial charge in [-0.2, -0.15) is 23.5 Å². The van der Waals surface area contributed by atoms with Crippen LogP contribution in [-0.4, -0.2) is 36.9 Å². The highest BCUT2D eigenvalue weighted by Gasteiger charge is 2.06. The number of nitrogens with one attached hydrogen (secondary N) is 2. The molecule has 0 heterocycles. The summed E-state index contributed by atoms with van der Waals surface area (Å²) in [6.45, 7) is 8.94. The molecule has 0 saturated heterocycles. The highest BCUT2D eigenvalue weighted by atomic mass is 32.2. The monoisotopic (exact) mass is 576 g/mol. The van der Waals surface area contributed by atoms with E-state index in [1.54, 1.807) is 23.5 Å². The van der Waals surface area contributed by atoms with Gasteiger partial charge in [-0.15, -0.1) is 0 Å². The Balaban J connectivity index is 1.25. The van der Waals surface area contributed by atoms with E-state index in [-0.39, 0.29) is 0 Å². The molecule has 2 N–H and O–H groups in total. The van der Waals surface area contributed by atoms with Crippen molar-refractivity contribution in [3.05, 3.63) is 119 Å². The lowest BCUT2D eigenvalue weighted by Crippen LogP contribution is -2.25. The van der Waals surface area contributed by atoms with Gasteiger partial charge < -0.3 is 20.1 Å². The lowest BCUT2D eigenvalue weighted by Gasteiger charge is -2.10. The van der Waals surface area contributed by atoms with Crippen molar-refractivity contribution in [3.63, 3.8) is 0 Å². The smallest absolute Gasteiger partial charge is 0.407 e. The van der Waals surface area contributed by atoms with Gasteiger partial charge in [-0.05, 0) is 33.4 Å². The van der Waals surface area contributed by atoms with Crippen LogP contribution in [0.1, 0.15) is 33.4 Å². The third kappa shape index (κ3) is 12.1. The molecule has 0 atom stereocenters. The quantitative estimate of drug-likeness (QED) is 0.174. The van der Waals surface area contributed by atoms with E-state index in [1.165, 1.54) is 11.1 Å². The van der Waals surface area contributed by atoms with Gasteiger partial charge in [0.05, 0.1) is 0 Å². The Labute approximate surface area is 245 Å². The molecule has 2 amide bonds. The van der Waals surface area contributed by atoms with Crippen LogP contribution in [0.25, 0.3) is 12.2 Å². The Bertz CT molecular complexity index is 1170. The fourth-order valence-electron chi connectivity index (χ4n) is 3.69. The first-order valence-corrected chi connectivity index (χ1v) is 15.3. The third-order valence-corrected chi connectivity index (χ3v) is 7.68. The molecule has 6 nitrogen and oxygen atoms in total. The number of ether oxygens (including phenoxy) is 2. The predicted octanol–water partition coefficient (Wildman–Crippen LogP) is 7.29. The summed E-state index contributed by atoms with van der Waals surface area (Å²) in [5.74, 6) is 3.13. The number of alkyl carbamates (subject to hydrolysis) is 2. The molecule has 0 fully saturated rings. The summed E-state index contributed by atoms with van der Waals surface area (Å²) in [6.07, 6.45) is 2.76. The number of rotatable bonds is 16. The Kier molecular flexibility index (Phi) is 13.8. The van der Waals surface area contributed by atoms with E-state index in [2.05, 4.69) is 48.1 Å². The summed E-state index contributed by atoms with van der Waals surface area (Å²) < 4.78 is 10.6. The maximum Gasteiger partial charge on any atom is 0.407 e. The SMILES string of the molecule is C=Cc1cccc(CSCCOC(=O)NCc2cccc(CNC(=O)OCCSCc3cccc(C=C)c3)c2)c1. The van der Waals surface area contributed by atoms with Crippen molar-refractivity contribution in [2.24, 2.45) is 0 Å². The maximum absolute atomic E-state index is 12.1. The molecule has 0 spiro atoms. The zero-order valence-corrected chi connectivity index (χ0v) is 24.2. The van der Waals surface area contributed by atoms with Crippen LogP contribution in [0.15, 0.2) is 86.0 Å². The minimum absolute atomic E-state index is 0.338. The number of hydrogen-bond donors (Lipinski definition) is 2. The first-order valence-electron chi connectivity index (χ1n) is 13.0. The van der Waals surface area contributed by atoms with Crippen molar-refractivity contribution in [1.29, 1.82) is 0 Å². The van der Waals surface area contributed by atoms with Crippen molar-refractivity contribution in [2.45, 2.75) is 24.6 Å². The highest BCUT2D eigenvalue weighted by molar-refractivity contribution is 7.98. The fraction of sp³-hybridized carbons (Fsp3) is 0.250. The van der Waals surface area contributed by atoms with Crippen molar-refractivity contribution >= 4 is 47.9 Å². The van der Waals surface area contributed by atoms with E-state index in [9.17, 15) is 9.59 Å². The van der Waals surface area contributed by atoms with Crippen LogP contribution >= 0.6 is 23.5 Å². The highest BCUT2D eigenvalue weighted by Crippen LogP contribution is 2.15. The molecule has 0 unspecified atom stereocenters. The van der Waals surface area contributed by atoms with Gasteiger partial charge in [0, 0.05) is 36.1 Å². The second kappa shape index (κ2) is 17.9. The van der Waals surface area contributed by atoms with Crippen molar-refractivity contribution in [1.82, 2.24) is 10.6 Å². The summed E-state index contributed by atoms with van der Waals surface area (Å²) in [4.78, 5) is 24.1. The van der Waals surface area contributed by atoms with Crippen LogP contribution in [0, 0.1) is 0 Å². The first kappa shape index (κ1) is 30.9. The van der Waals surface area contributed by atoms with Crippen LogP contribution in [0.5, 0.6) is 0 Å². The molecule has 0 aliphatic heterocycles. The second-order valence-corrected chi connectivity index (χ2v) is 11.0. The van der Waals surface area contributed by atoms with Gasteiger partial charge in [-0.3, -0.25) is 0 Å². The molecule has 3 rings (SSSR count). The van der Waals surface area contributed by atoms with E-state index in [0.717, 1.165) is 33.8 Å². The summed E-state index contributed by atoms with van der Waals surface area (Å²) in [5, 5.41) is 5.54. The minimum Gasteiger partial charge on any atom is -0.449 e. The molecule has 3 aromatic rings. The number of benzene rings is 3. The molecule has 8 heteroatoms. The topological polar surface area (TPSA) is 76.7 Å². The standard InChI is InChI=1S/C32H36N2O4S2/c1-3-25-8-5-12-29(18-25)23-39-16-14-37-31(35)33-21-27-10-7-11-28(20-27)22-34-32(36)38-15-17-40-24-30-13-6-9-26(4-2)19-30/h3-13,18-20H,1-2,14-17,21-24H2,(H,33,35)(H,34,36). The van der Waals surface area contributed by atoms with Crippen molar-refractivity contribution < 1.29 is 19.1 Å². The van der Waals surface area contributed by atoms with Gasteiger partial charge in [0.15, 0.2) is 0 Å². The van der Waals surface area contributed by atoms with Crippen molar-refractivity contribution in [3.8, 4) is 0 Å². The van der Waals surface area contributed by atoms with E-state index in [0.29, 0.717) is 37.8 Å². The number of thioether (sulfide) groups is 2. The largest absolute Gasteiger partial charge is 0.449 e. The number of carbonyl (C=O) groups excluding carboxylic acids is 2. The Morgan fingerprint density at radius 2 is 1.07 bits per heavy atom. The van der Waals surface area contributed by atoms with Crippen LogP contribution in [0.2, 0.25) is 0 Å². The van der Waals surface area contributed by atoms with E-state index < -0.39 is 12.2 Å². The first-order chi connectivity index (χ1) is 19.6. The molecule has 0 aliphatic rings. The number of carbonyl (C=O) groups is 2. The van der Waals surface area contributed by atoms with Crippen molar-refractivity contribution in [2.75, 3.05) is 24.7 Å². The zero-order chi connectivity index (χ0) is 28.4. The summed E-state index contributed by atoms with van der Waals surface area (Å²) in [6, 6.07) is 24.1. The minimum atomic E-state index is -0.451. The number of hydrogen-bond acceptors (Lipinski definition) is 6. The van der Waals surface area contributed by atoms with E-state index in [1.807, 2.05) is 60.7 Å². The molecule has 0 aliphatic carbocycles. The molecule has 0 bridgehead atoms. The molecule has 40 heavy (non-hydrogen) atoms. The molecule has 0 aromatic heterocycles. The summed E-state index contributed by atoms with van der Waals surface area (Å²) >= 11 is 3.42. The van der Waals surface area contributed by atoms with E-state index >= 15 is 0 Å². The predicted molar refractivity (Wildman–Crippen MR) is 168 cm³/mol. The van der Waals surface area contributed by atoms with Crippen LogP contribution in [0.3, 0.4) is 0 Å². The van der Waals surface area contributed by atoms with Gasteiger partial charge in [-0.25, -0.2) is 9.59 Å². The third-order valence-electron chi connectivity index (χ3n) is 5.70. The lowest BCUT2D eigenvalue weighted by atomic mass is 10.1. The lowest BCUT2D eigenvalue weighted by molar-refractivity contribution is 0.152. The Morgan fingerprint density at radius 1 is 0.650 bits per heavy atom. The molecule has 0 radical (unpaired) electrons. The van der Waals surface area contributed by atoms with Gasteiger partial charge in [-0.1, -0.05) is 98.1 Å². The molecule has 0 saturated carbocycles. The number of amides is 2. The molecule has 210 valence electrons. The average Bonchev–Trinajstić information content (AvgIpc) is 2.99. The molecular weight excluding hydrogens is 540 g/mol. The Morgan fingerprint density at radius 3 is 1.52 bits per heavy atom. The Hall–Kier alpha value is -3.62. The second-order valence-electron chi connectivity index (χ2n) is 8.80. The van der Waals surface area contributed by atoms with Crippen LogP contribution in [0.4, 0.5) is 9.59 Å². The van der Waals surface area contributed by atoms with Gasteiger partial charge in [0.25, 0.3) is 0 Å². The summed E-state index contributed by atoms with van der Waals surface area (Å²) in [5.41, 5.74) is 6.46. The zero-order valence-electron chi connectivity index (χ0n) is 22.6. The normalized spacial score (nSPS) is 10.4. The van der Waals surface area contributed by atoms with Gasteiger partial charge in [0.1, 0.15) is 13.2 Å². The van der Waals surface area contributed by atoms with Crippen LogP contribution < -0.4 is 10.6 Å². The van der Waals surface area contributed by atoms with Crippen LogP contribution in [-0.2, 0) is 34.1 Å². The fourth-order valence-corrected chi connectivity index (χ4v) is 5.21.